The largest absolute Gasteiger partial charge is 0.398 e. The van der Waals surface area contributed by atoms with Gasteiger partial charge in [0, 0.05) is 40.4 Å². The van der Waals surface area contributed by atoms with E-state index in [1.54, 1.807) is 23.0 Å². The molecule has 4 aromatic rings. The van der Waals surface area contributed by atoms with Crippen molar-refractivity contribution in [1.29, 1.82) is 0 Å². The molecular weight excluding hydrogens is 267 g/mol. The first-order valence-electron chi connectivity index (χ1n) is 6.50. The zero-order chi connectivity index (χ0) is 14.4. The van der Waals surface area contributed by atoms with E-state index in [4.69, 9.17) is 5.73 Å². The second kappa shape index (κ2) is 4.28. The Kier molecular flexibility index (Phi) is 2.41. The van der Waals surface area contributed by atoms with Gasteiger partial charge >= 0.3 is 0 Å². The molecular formula is C16H11FN4. The van der Waals surface area contributed by atoms with Gasteiger partial charge < -0.3 is 5.73 Å². The lowest BCUT2D eigenvalue weighted by Crippen LogP contribution is -1.99. The SMILES string of the molecule is Nc1cccc2cnc(-n3ccc4ccnc(F)c43)cc12. The van der Waals surface area contributed by atoms with Gasteiger partial charge in [0.2, 0.25) is 5.95 Å². The number of benzene rings is 1. The maximum atomic E-state index is 14.0. The van der Waals surface area contributed by atoms with E-state index in [1.165, 1.54) is 6.20 Å². The van der Waals surface area contributed by atoms with Gasteiger partial charge in [0.25, 0.3) is 0 Å². The summed E-state index contributed by atoms with van der Waals surface area (Å²) in [6.07, 6.45) is 4.97. The van der Waals surface area contributed by atoms with Gasteiger partial charge in [-0.2, -0.15) is 4.39 Å². The Hall–Kier alpha value is -2.95. The maximum Gasteiger partial charge on any atom is 0.237 e. The smallest absolute Gasteiger partial charge is 0.237 e. The molecule has 2 N–H and O–H groups in total. The van der Waals surface area contributed by atoms with E-state index in [2.05, 4.69) is 9.97 Å². The topological polar surface area (TPSA) is 56.7 Å². The second-order valence-electron chi connectivity index (χ2n) is 4.84. The Balaban J connectivity index is 2.03. The fourth-order valence-electron chi connectivity index (χ4n) is 2.55. The second-order valence-corrected chi connectivity index (χ2v) is 4.84. The minimum absolute atomic E-state index is 0.416. The van der Waals surface area contributed by atoms with E-state index in [0.717, 1.165) is 16.2 Å². The minimum atomic E-state index is -0.513. The molecule has 0 saturated carbocycles. The van der Waals surface area contributed by atoms with E-state index in [1.807, 2.05) is 30.3 Å². The first-order valence-corrected chi connectivity index (χ1v) is 6.50. The fraction of sp³-hybridized carbons (Fsp3) is 0. The molecule has 4 nitrogen and oxygen atoms in total. The van der Waals surface area contributed by atoms with Crippen LogP contribution in [0, 0.1) is 5.95 Å². The summed E-state index contributed by atoms with van der Waals surface area (Å²) in [5.74, 6) is 0.0998. The number of fused-ring (bicyclic) bond motifs is 2. The molecule has 0 aliphatic heterocycles. The van der Waals surface area contributed by atoms with Crippen LogP contribution in [0.3, 0.4) is 0 Å². The van der Waals surface area contributed by atoms with Crippen molar-refractivity contribution < 1.29 is 4.39 Å². The van der Waals surface area contributed by atoms with Crippen molar-refractivity contribution in [1.82, 2.24) is 14.5 Å². The highest BCUT2D eigenvalue weighted by Crippen LogP contribution is 2.25. The van der Waals surface area contributed by atoms with Crippen LogP contribution in [0.4, 0.5) is 10.1 Å². The Morgan fingerprint density at radius 3 is 2.86 bits per heavy atom. The van der Waals surface area contributed by atoms with Crippen LogP contribution in [0.5, 0.6) is 0 Å². The van der Waals surface area contributed by atoms with Crippen molar-refractivity contribution in [2.75, 3.05) is 5.73 Å². The number of halogens is 1. The molecule has 21 heavy (non-hydrogen) atoms. The third kappa shape index (κ3) is 1.74. The standard InChI is InChI=1S/C16H11FN4/c17-16-15-10(4-6-19-16)5-7-21(15)14-8-12-11(9-20-14)2-1-3-13(12)18/h1-9H,18H2. The predicted octanol–water partition coefficient (Wildman–Crippen LogP) is 3.30. The van der Waals surface area contributed by atoms with E-state index in [0.29, 0.717) is 17.0 Å². The van der Waals surface area contributed by atoms with Crippen molar-refractivity contribution in [3.8, 4) is 5.82 Å². The molecule has 0 saturated heterocycles. The van der Waals surface area contributed by atoms with Gasteiger partial charge in [0.15, 0.2) is 0 Å². The highest BCUT2D eigenvalue weighted by molar-refractivity contribution is 5.93. The lowest BCUT2D eigenvalue weighted by atomic mass is 10.1. The van der Waals surface area contributed by atoms with Gasteiger partial charge in [0.05, 0.1) is 0 Å². The minimum Gasteiger partial charge on any atom is -0.398 e. The monoisotopic (exact) mass is 278 g/mol. The number of aromatic nitrogens is 3. The van der Waals surface area contributed by atoms with Crippen LogP contribution in [0.2, 0.25) is 0 Å². The molecule has 0 radical (unpaired) electrons. The molecule has 0 unspecified atom stereocenters. The lowest BCUT2D eigenvalue weighted by molar-refractivity contribution is 0.591. The molecule has 0 spiro atoms. The number of rotatable bonds is 1. The van der Waals surface area contributed by atoms with Gasteiger partial charge in [-0.1, -0.05) is 12.1 Å². The van der Waals surface area contributed by atoms with Gasteiger partial charge in [0.1, 0.15) is 11.3 Å². The number of hydrogen-bond donors (Lipinski definition) is 1. The zero-order valence-electron chi connectivity index (χ0n) is 11.0. The third-order valence-electron chi connectivity index (χ3n) is 3.58. The van der Waals surface area contributed by atoms with Crippen LogP contribution in [0.1, 0.15) is 0 Å². The number of nitrogens with two attached hydrogens (primary N) is 1. The summed E-state index contributed by atoms with van der Waals surface area (Å²) in [4.78, 5) is 8.10. The summed E-state index contributed by atoms with van der Waals surface area (Å²) < 4.78 is 15.7. The molecule has 0 fully saturated rings. The molecule has 3 aromatic heterocycles. The highest BCUT2D eigenvalue weighted by Gasteiger charge is 2.10. The Bertz CT molecular complexity index is 975. The van der Waals surface area contributed by atoms with Gasteiger partial charge in [-0.25, -0.2) is 9.97 Å². The average molecular weight is 278 g/mol. The maximum absolute atomic E-state index is 14.0. The van der Waals surface area contributed by atoms with Gasteiger partial charge in [-0.05, 0) is 24.3 Å². The molecule has 1 aromatic carbocycles. The molecule has 0 atom stereocenters. The molecule has 3 heterocycles. The quantitative estimate of drug-likeness (QED) is 0.429. The zero-order valence-corrected chi connectivity index (χ0v) is 11.0. The number of nitrogens with zero attached hydrogens (tertiary/aromatic N) is 3. The van der Waals surface area contributed by atoms with Crippen molar-refractivity contribution >= 4 is 27.4 Å². The van der Waals surface area contributed by atoms with Crippen LogP contribution in [-0.4, -0.2) is 14.5 Å². The number of anilines is 1. The molecule has 0 aliphatic carbocycles. The van der Waals surface area contributed by atoms with Crippen LogP contribution in [-0.2, 0) is 0 Å². The Labute approximate surface area is 119 Å². The van der Waals surface area contributed by atoms with Crippen LogP contribution in [0.15, 0.2) is 55.0 Å². The third-order valence-corrected chi connectivity index (χ3v) is 3.58. The Morgan fingerprint density at radius 2 is 1.95 bits per heavy atom. The number of hydrogen-bond acceptors (Lipinski definition) is 3. The fourth-order valence-corrected chi connectivity index (χ4v) is 2.55. The van der Waals surface area contributed by atoms with Gasteiger partial charge in [-0.15, -0.1) is 0 Å². The molecule has 0 amide bonds. The lowest BCUT2D eigenvalue weighted by Gasteiger charge is -2.07. The summed E-state index contributed by atoms with van der Waals surface area (Å²) in [6, 6.07) is 11.1. The summed E-state index contributed by atoms with van der Waals surface area (Å²) in [6.45, 7) is 0. The van der Waals surface area contributed by atoms with E-state index in [9.17, 15) is 4.39 Å². The van der Waals surface area contributed by atoms with Crippen molar-refractivity contribution in [3.63, 3.8) is 0 Å². The van der Waals surface area contributed by atoms with Crippen LogP contribution >= 0.6 is 0 Å². The van der Waals surface area contributed by atoms with Crippen LogP contribution < -0.4 is 5.73 Å². The summed E-state index contributed by atoms with van der Waals surface area (Å²) >= 11 is 0. The Morgan fingerprint density at radius 1 is 1.05 bits per heavy atom. The molecule has 0 aliphatic rings. The van der Waals surface area contributed by atoms with E-state index < -0.39 is 5.95 Å². The highest BCUT2D eigenvalue weighted by atomic mass is 19.1. The molecule has 5 heteroatoms. The molecule has 4 rings (SSSR count). The summed E-state index contributed by atoms with van der Waals surface area (Å²) in [5, 5.41) is 2.63. The van der Waals surface area contributed by atoms with Crippen LogP contribution in [0.25, 0.3) is 27.5 Å². The van der Waals surface area contributed by atoms with Crippen molar-refractivity contribution in [3.05, 3.63) is 60.9 Å². The number of nitrogen functional groups attached to an aromatic ring is 1. The predicted molar refractivity (Wildman–Crippen MR) is 80.7 cm³/mol. The van der Waals surface area contributed by atoms with Gasteiger partial charge in [-0.3, -0.25) is 4.57 Å². The first kappa shape index (κ1) is 11.8. The number of pyridine rings is 2. The summed E-state index contributed by atoms with van der Waals surface area (Å²) in [5.41, 5.74) is 7.09. The summed E-state index contributed by atoms with van der Waals surface area (Å²) in [7, 11) is 0. The first-order chi connectivity index (χ1) is 10.2. The molecule has 102 valence electrons. The average Bonchev–Trinajstić information content (AvgIpc) is 2.93. The normalized spacial score (nSPS) is 11.3. The van der Waals surface area contributed by atoms with E-state index in [-0.39, 0.29) is 0 Å². The van der Waals surface area contributed by atoms with Crippen molar-refractivity contribution in [2.45, 2.75) is 0 Å². The van der Waals surface area contributed by atoms with Crippen molar-refractivity contribution in [2.24, 2.45) is 0 Å². The molecule has 0 bridgehead atoms. The van der Waals surface area contributed by atoms with E-state index >= 15 is 0 Å².